The molecule has 1 saturated carbocycles. The Labute approximate surface area is 179 Å². The lowest BCUT2D eigenvalue weighted by molar-refractivity contribution is 0.0732. The summed E-state index contributed by atoms with van der Waals surface area (Å²) >= 11 is 6.06. The highest BCUT2D eigenvalue weighted by Gasteiger charge is 2.36. The number of guanidine groups is 1. The fraction of sp³-hybridized carbons (Fsp3) is 0.632. The third kappa shape index (κ3) is 6.78. The number of ether oxygens (including phenoxy) is 2. The Morgan fingerprint density at radius 2 is 2.08 bits per heavy atom. The summed E-state index contributed by atoms with van der Waals surface area (Å²) in [6, 6.07) is 5.72. The van der Waals surface area contributed by atoms with Gasteiger partial charge in [-0.3, -0.25) is 4.99 Å². The molecule has 26 heavy (non-hydrogen) atoms. The molecule has 0 heterocycles. The molecule has 1 aliphatic rings. The summed E-state index contributed by atoms with van der Waals surface area (Å²) in [5, 5.41) is 7.52. The van der Waals surface area contributed by atoms with Gasteiger partial charge in [-0.05, 0) is 43.7 Å². The summed E-state index contributed by atoms with van der Waals surface area (Å²) in [6.07, 6.45) is 4.91. The highest BCUT2D eigenvalue weighted by atomic mass is 127. The second kappa shape index (κ2) is 11.9. The Morgan fingerprint density at radius 1 is 1.31 bits per heavy atom. The maximum atomic E-state index is 6.06. The standard InChI is InChI=1S/C19H30ClN3O2.HI/c1-4-25-17-12-16(20)7-6-15(17)13-22-18(21-2)23-14-19(8-5-9-19)10-11-24-3;/h6-7,12H,4-5,8-11,13-14H2,1-3H3,(H2,21,22,23);1H. The topological polar surface area (TPSA) is 54.9 Å². The van der Waals surface area contributed by atoms with Crippen LogP contribution in [0.1, 0.15) is 38.2 Å². The van der Waals surface area contributed by atoms with Gasteiger partial charge in [-0.25, -0.2) is 0 Å². The number of aliphatic imine (C=N–C) groups is 1. The molecule has 0 bridgehead atoms. The minimum absolute atomic E-state index is 0. The summed E-state index contributed by atoms with van der Waals surface area (Å²) in [5.74, 6) is 1.62. The van der Waals surface area contributed by atoms with E-state index in [-0.39, 0.29) is 24.0 Å². The molecule has 0 aromatic heterocycles. The Hall–Kier alpha value is -0.730. The van der Waals surface area contributed by atoms with Gasteiger partial charge < -0.3 is 20.1 Å². The van der Waals surface area contributed by atoms with Crippen molar-refractivity contribution in [2.45, 2.75) is 39.2 Å². The Kier molecular flexibility index (Phi) is 10.6. The van der Waals surface area contributed by atoms with Gasteiger partial charge in [-0.1, -0.05) is 24.1 Å². The van der Waals surface area contributed by atoms with Crippen LogP contribution in [0.2, 0.25) is 5.02 Å². The van der Waals surface area contributed by atoms with Crippen molar-refractivity contribution < 1.29 is 9.47 Å². The molecule has 1 aromatic rings. The molecule has 5 nitrogen and oxygen atoms in total. The average Bonchev–Trinajstić information content (AvgIpc) is 2.58. The zero-order chi connectivity index (χ0) is 18.1. The molecular weight excluding hydrogens is 465 g/mol. The summed E-state index contributed by atoms with van der Waals surface area (Å²) < 4.78 is 10.9. The van der Waals surface area contributed by atoms with Gasteiger partial charge in [0.15, 0.2) is 5.96 Å². The Balaban J connectivity index is 0.00000338. The van der Waals surface area contributed by atoms with Crippen molar-refractivity contribution in [3.8, 4) is 5.75 Å². The van der Waals surface area contributed by atoms with Crippen molar-refractivity contribution in [3.63, 3.8) is 0 Å². The average molecular weight is 496 g/mol. The van der Waals surface area contributed by atoms with E-state index in [4.69, 9.17) is 21.1 Å². The van der Waals surface area contributed by atoms with Crippen LogP contribution < -0.4 is 15.4 Å². The predicted molar refractivity (Wildman–Crippen MR) is 119 cm³/mol. The number of nitrogens with one attached hydrogen (secondary N) is 2. The van der Waals surface area contributed by atoms with E-state index in [9.17, 15) is 0 Å². The SMILES string of the molecule is CCOc1cc(Cl)ccc1CNC(=NC)NCC1(CCOC)CCC1.I. The molecule has 0 saturated heterocycles. The van der Waals surface area contributed by atoms with Crippen LogP contribution in [0.25, 0.3) is 0 Å². The second-order valence-corrected chi connectivity index (χ2v) is 7.00. The minimum Gasteiger partial charge on any atom is -0.493 e. The maximum absolute atomic E-state index is 6.06. The zero-order valence-electron chi connectivity index (χ0n) is 15.9. The predicted octanol–water partition coefficient (Wildman–Crippen LogP) is 4.23. The lowest BCUT2D eigenvalue weighted by atomic mass is 9.67. The van der Waals surface area contributed by atoms with Crippen LogP contribution in [0.3, 0.4) is 0 Å². The van der Waals surface area contributed by atoms with Crippen LogP contribution in [0, 0.1) is 5.41 Å². The van der Waals surface area contributed by atoms with Gasteiger partial charge >= 0.3 is 0 Å². The number of hydrogen-bond acceptors (Lipinski definition) is 3. The second-order valence-electron chi connectivity index (χ2n) is 6.56. The number of nitrogens with zero attached hydrogens (tertiary/aromatic N) is 1. The van der Waals surface area contributed by atoms with E-state index in [1.165, 1.54) is 19.3 Å². The lowest BCUT2D eigenvalue weighted by Gasteiger charge is -2.42. The normalized spacial score (nSPS) is 15.6. The molecule has 2 rings (SSSR count). The molecule has 0 spiro atoms. The van der Waals surface area contributed by atoms with Crippen molar-refractivity contribution in [2.75, 3.05) is 33.9 Å². The number of rotatable bonds is 9. The van der Waals surface area contributed by atoms with Crippen molar-refractivity contribution in [1.29, 1.82) is 0 Å². The van der Waals surface area contributed by atoms with Gasteiger partial charge in [0.1, 0.15) is 5.75 Å². The van der Waals surface area contributed by atoms with Gasteiger partial charge in [0, 0.05) is 44.4 Å². The Bertz CT molecular complexity index is 580. The first-order valence-corrected chi connectivity index (χ1v) is 9.35. The van der Waals surface area contributed by atoms with E-state index >= 15 is 0 Å². The van der Waals surface area contributed by atoms with Gasteiger partial charge in [0.25, 0.3) is 0 Å². The van der Waals surface area contributed by atoms with Crippen molar-refractivity contribution >= 4 is 41.5 Å². The summed E-state index contributed by atoms with van der Waals surface area (Å²) in [6.45, 7) is 4.96. The van der Waals surface area contributed by atoms with Crippen LogP contribution in [0.4, 0.5) is 0 Å². The summed E-state index contributed by atoms with van der Waals surface area (Å²) in [4.78, 5) is 4.33. The summed E-state index contributed by atoms with van der Waals surface area (Å²) in [5.41, 5.74) is 1.41. The van der Waals surface area contributed by atoms with Crippen molar-refractivity contribution in [3.05, 3.63) is 28.8 Å². The minimum atomic E-state index is 0. The van der Waals surface area contributed by atoms with E-state index in [1.54, 1.807) is 14.2 Å². The highest BCUT2D eigenvalue weighted by Crippen LogP contribution is 2.43. The van der Waals surface area contributed by atoms with E-state index in [0.29, 0.717) is 23.6 Å². The molecule has 1 fully saturated rings. The van der Waals surface area contributed by atoms with Crippen LogP contribution in [-0.2, 0) is 11.3 Å². The molecule has 148 valence electrons. The first-order valence-electron chi connectivity index (χ1n) is 8.97. The first-order chi connectivity index (χ1) is 12.1. The molecule has 1 aliphatic carbocycles. The molecule has 2 N–H and O–H groups in total. The van der Waals surface area contributed by atoms with E-state index in [1.807, 2.05) is 25.1 Å². The molecule has 0 radical (unpaired) electrons. The molecule has 0 aliphatic heterocycles. The van der Waals surface area contributed by atoms with Crippen molar-refractivity contribution in [2.24, 2.45) is 10.4 Å². The molecule has 0 amide bonds. The molecule has 1 aromatic carbocycles. The van der Waals surface area contributed by atoms with Gasteiger partial charge in [-0.15, -0.1) is 24.0 Å². The molecule has 0 atom stereocenters. The number of hydrogen-bond donors (Lipinski definition) is 2. The van der Waals surface area contributed by atoms with Crippen LogP contribution >= 0.6 is 35.6 Å². The third-order valence-corrected chi connectivity index (χ3v) is 5.12. The molecule has 0 unspecified atom stereocenters. The fourth-order valence-electron chi connectivity index (χ4n) is 3.15. The number of benzene rings is 1. The van der Waals surface area contributed by atoms with Crippen LogP contribution in [0.5, 0.6) is 5.75 Å². The quantitative estimate of drug-likeness (QED) is 0.306. The maximum Gasteiger partial charge on any atom is 0.191 e. The monoisotopic (exact) mass is 495 g/mol. The van der Waals surface area contributed by atoms with Gasteiger partial charge in [0.05, 0.1) is 6.61 Å². The summed E-state index contributed by atoms with van der Waals surface area (Å²) in [7, 11) is 3.56. The van der Waals surface area contributed by atoms with Gasteiger partial charge in [-0.2, -0.15) is 0 Å². The number of methoxy groups -OCH3 is 1. The molecule has 7 heteroatoms. The van der Waals surface area contributed by atoms with Crippen LogP contribution in [-0.4, -0.2) is 39.9 Å². The largest absolute Gasteiger partial charge is 0.493 e. The molecular formula is C19H31ClIN3O2. The highest BCUT2D eigenvalue weighted by molar-refractivity contribution is 14.0. The van der Waals surface area contributed by atoms with E-state index < -0.39 is 0 Å². The van der Waals surface area contributed by atoms with Gasteiger partial charge in [0.2, 0.25) is 0 Å². The van der Waals surface area contributed by atoms with Crippen LogP contribution in [0.15, 0.2) is 23.2 Å². The smallest absolute Gasteiger partial charge is 0.191 e. The Morgan fingerprint density at radius 3 is 2.65 bits per heavy atom. The van der Waals surface area contributed by atoms with E-state index in [2.05, 4.69) is 15.6 Å². The van der Waals surface area contributed by atoms with E-state index in [0.717, 1.165) is 36.8 Å². The zero-order valence-corrected chi connectivity index (χ0v) is 19.0. The lowest BCUT2D eigenvalue weighted by Crippen LogP contribution is -2.46. The first kappa shape index (κ1) is 23.3. The number of halogens is 2. The fourth-order valence-corrected chi connectivity index (χ4v) is 3.31. The third-order valence-electron chi connectivity index (χ3n) is 4.88. The van der Waals surface area contributed by atoms with Crippen molar-refractivity contribution in [1.82, 2.24) is 10.6 Å².